The second kappa shape index (κ2) is 5.64. The van der Waals surface area contributed by atoms with Gasteiger partial charge in [-0.25, -0.2) is 18.7 Å². The van der Waals surface area contributed by atoms with E-state index in [9.17, 15) is 8.78 Å². The standard InChI is InChI=1S/C18H14F2N2/c1-11-3-5-13(6-4-11)14-7-8-15(17(20)16(14)19)18-21-9-12(2)10-22-18/h3-10H,1-2H3. The van der Waals surface area contributed by atoms with E-state index < -0.39 is 11.6 Å². The van der Waals surface area contributed by atoms with Gasteiger partial charge in [0.15, 0.2) is 17.5 Å². The van der Waals surface area contributed by atoms with Crippen LogP contribution in [-0.2, 0) is 0 Å². The topological polar surface area (TPSA) is 25.8 Å². The number of nitrogens with zero attached hydrogens (tertiary/aromatic N) is 2. The van der Waals surface area contributed by atoms with Gasteiger partial charge in [-0.15, -0.1) is 0 Å². The molecule has 0 amide bonds. The molecule has 110 valence electrons. The van der Waals surface area contributed by atoms with Crippen LogP contribution < -0.4 is 0 Å². The van der Waals surface area contributed by atoms with Crippen molar-refractivity contribution < 1.29 is 8.78 Å². The quantitative estimate of drug-likeness (QED) is 0.684. The van der Waals surface area contributed by atoms with Crippen molar-refractivity contribution in [1.82, 2.24) is 9.97 Å². The zero-order valence-electron chi connectivity index (χ0n) is 12.3. The van der Waals surface area contributed by atoms with Crippen LogP contribution in [0.15, 0.2) is 48.8 Å². The fourth-order valence-electron chi connectivity index (χ4n) is 2.21. The monoisotopic (exact) mass is 296 g/mol. The van der Waals surface area contributed by atoms with Crippen LogP contribution in [0, 0.1) is 25.5 Å². The van der Waals surface area contributed by atoms with Gasteiger partial charge < -0.3 is 0 Å². The molecular formula is C18H14F2N2. The molecule has 0 N–H and O–H groups in total. The summed E-state index contributed by atoms with van der Waals surface area (Å²) in [6, 6.07) is 10.3. The summed E-state index contributed by atoms with van der Waals surface area (Å²) in [6.07, 6.45) is 3.15. The Hall–Kier alpha value is -2.62. The molecule has 0 aliphatic heterocycles. The maximum absolute atomic E-state index is 14.4. The Morgan fingerprint density at radius 1 is 0.682 bits per heavy atom. The molecule has 3 aromatic rings. The van der Waals surface area contributed by atoms with Crippen LogP contribution in [0.5, 0.6) is 0 Å². The van der Waals surface area contributed by atoms with Gasteiger partial charge in [0.2, 0.25) is 0 Å². The van der Waals surface area contributed by atoms with Crippen LogP contribution in [0.1, 0.15) is 11.1 Å². The lowest BCUT2D eigenvalue weighted by Crippen LogP contribution is -1.97. The molecule has 0 bridgehead atoms. The van der Waals surface area contributed by atoms with Crippen LogP contribution in [0.2, 0.25) is 0 Å². The van der Waals surface area contributed by atoms with Gasteiger partial charge in [-0.1, -0.05) is 35.9 Å². The first-order valence-electron chi connectivity index (χ1n) is 6.90. The van der Waals surface area contributed by atoms with Crippen LogP contribution in [0.4, 0.5) is 8.78 Å². The maximum atomic E-state index is 14.4. The highest BCUT2D eigenvalue weighted by Crippen LogP contribution is 2.30. The summed E-state index contributed by atoms with van der Waals surface area (Å²) in [6.45, 7) is 3.78. The van der Waals surface area contributed by atoms with E-state index in [1.54, 1.807) is 30.6 Å². The molecule has 0 radical (unpaired) electrons. The van der Waals surface area contributed by atoms with Crippen molar-refractivity contribution >= 4 is 0 Å². The summed E-state index contributed by atoms with van der Waals surface area (Å²) in [5, 5.41) is 0. The van der Waals surface area contributed by atoms with E-state index in [0.29, 0.717) is 5.56 Å². The molecule has 0 aliphatic carbocycles. The van der Waals surface area contributed by atoms with Gasteiger partial charge in [0, 0.05) is 18.0 Å². The van der Waals surface area contributed by atoms with Crippen molar-refractivity contribution in [2.45, 2.75) is 13.8 Å². The summed E-state index contributed by atoms with van der Waals surface area (Å²) < 4.78 is 28.7. The lowest BCUT2D eigenvalue weighted by Gasteiger charge is -2.08. The predicted octanol–water partition coefficient (Wildman–Crippen LogP) is 4.71. The molecular weight excluding hydrogens is 282 g/mol. The highest BCUT2D eigenvalue weighted by molar-refractivity contribution is 5.69. The Kier molecular flexibility index (Phi) is 3.67. The number of benzene rings is 2. The van der Waals surface area contributed by atoms with Crippen molar-refractivity contribution in [3.63, 3.8) is 0 Å². The van der Waals surface area contributed by atoms with Crippen LogP contribution in [0.3, 0.4) is 0 Å². The average molecular weight is 296 g/mol. The molecule has 0 fully saturated rings. The SMILES string of the molecule is Cc1ccc(-c2ccc(-c3ncc(C)cn3)c(F)c2F)cc1. The van der Waals surface area contributed by atoms with Crippen LogP contribution in [-0.4, -0.2) is 9.97 Å². The molecule has 1 aromatic heterocycles. The summed E-state index contributed by atoms with van der Waals surface area (Å²) in [5.74, 6) is -1.63. The summed E-state index contributed by atoms with van der Waals surface area (Å²) in [5.41, 5.74) is 2.86. The minimum absolute atomic E-state index is 0.0633. The zero-order valence-corrected chi connectivity index (χ0v) is 12.3. The van der Waals surface area contributed by atoms with Gasteiger partial charge in [0.25, 0.3) is 0 Å². The van der Waals surface area contributed by atoms with Gasteiger partial charge >= 0.3 is 0 Å². The first-order valence-corrected chi connectivity index (χ1v) is 6.90. The number of aromatic nitrogens is 2. The third-order valence-corrected chi connectivity index (χ3v) is 3.47. The molecule has 0 unspecified atom stereocenters. The second-order valence-corrected chi connectivity index (χ2v) is 5.24. The number of aryl methyl sites for hydroxylation is 2. The van der Waals surface area contributed by atoms with E-state index in [2.05, 4.69) is 9.97 Å². The van der Waals surface area contributed by atoms with Crippen molar-refractivity contribution in [2.24, 2.45) is 0 Å². The van der Waals surface area contributed by atoms with E-state index in [-0.39, 0.29) is 17.0 Å². The normalized spacial score (nSPS) is 10.7. The van der Waals surface area contributed by atoms with Crippen molar-refractivity contribution in [2.75, 3.05) is 0 Å². The molecule has 3 rings (SSSR count). The first kappa shape index (κ1) is 14.3. The molecule has 4 heteroatoms. The molecule has 0 aliphatic rings. The largest absolute Gasteiger partial charge is 0.236 e. The lowest BCUT2D eigenvalue weighted by atomic mass is 10.0. The fourth-order valence-corrected chi connectivity index (χ4v) is 2.21. The number of rotatable bonds is 2. The molecule has 22 heavy (non-hydrogen) atoms. The summed E-state index contributed by atoms with van der Waals surface area (Å²) in [4.78, 5) is 8.09. The summed E-state index contributed by atoms with van der Waals surface area (Å²) in [7, 11) is 0. The molecule has 0 spiro atoms. The summed E-state index contributed by atoms with van der Waals surface area (Å²) >= 11 is 0. The number of halogens is 2. The third kappa shape index (κ3) is 2.60. The van der Waals surface area contributed by atoms with Gasteiger partial charge in [-0.2, -0.15) is 0 Å². The van der Waals surface area contributed by atoms with Gasteiger partial charge in [0.05, 0.1) is 5.56 Å². The van der Waals surface area contributed by atoms with Crippen molar-refractivity contribution in [3.8, 4) is 22.5 Å². The molecule has 0 saturated carbocycles. The van der Waals surface area contributed by atoms with E-state index in [1.165, 1.54) is 6.07 Å². The molecule has 0 saturated heterocycles. The first-order chi connectivity index (χ1) is 10.6. The Morgan fingerprint density at radius 3 is 1.86 bits per heavy atom. The molecule has 2 aromatic carbocycles. The smallest absolute Gasteiger partial charge is 0.170 e. The second-order valence-electron chi connectivity index (χ2n) is 5.24. The fraction of sp³-hybridized carbons (Fsp3) is 0.111. The van der Waals surface area contributed by atoms with E-state index >= 15 is 0 Å². The maximum Gasteiger partial charge on any atom is 0.170 e. The molecule has 1 heterocycles. The molecule has 0 atom stereocenters. The van der Waals surface area contributed by atoms with Gasteiger partial charge in [0.1, 0.15) is 0 Å². The lowest BCUT2D eigenvalue weighted by molar-refractivity contribution is 0.513. The van der Waals surface area contributed by atoms with Crippen molar-refractivity contribution in [1.29, 1.82) is 0 Å². The van der Waals surface area contributed by atoms with E-state index in [4.69, 9.17) is 0 Å². The van der Waals surface area contributed by atoms with Crippen LogP contribution in [0.25, 0.3) is 22.5 Å². The van der Waals surface area contributed by atoms with Gasteiger partial charge in [-0.05, 0) is 31.0 Å². The Labute approximate surface area is 127 Å². The third-order valence-electron chi connectivity index (χ3n) is 3.47. The minimum atomic E-state index is -0.929. The average Bonchev–Trinajstić information content (AvgIpc) is 2.52. The van der Waals surface area contributed by atoms with Gasteiger partial charge in [-0.3, -0.25) is 0 Å². The highest BCUT2D eigenvalue weighted by Gasteiger charge is 2.17. The van der Waals surface area contributed by atoms with Crippen molar-refractivity contribution in [3.05, 3.63) is 71.6 Å². The Balaban J connectivity index is 2.08. The van der Waals surface area contributed by atoms with E-state index in [0.717, 1.165) is 11.1 Å². The highest BCUT2D eigenvalue weighted by atomic mass is 19.2. The Morgan fingerprint density at radius 2 is 1.23 bits per heavy atom. The molecule has 2 nitrogen and oxygen atoms in total. The minimum Gasteiger partial charge on any atom is -0.236 e. The number of hydrogen-bond acceptors (Lipinski definition) is 2. The Bertz CT molecular complexity index is 739. The number of hydrogen-bond donors (Lipinski definition) is 0. The van der Waals surface area contributed by atoms with E-state index in [1.807, 2.05) is 26.0 Å². The van der Waals surface area contributed by atoms with Crippen LogP contribution >= 0.6 is 0 Å². The zero-order chi connectivity index (χ0) is 15.7. The predicted molar refractivity (Wildman–Crippen MR) is 82.3 cm³/mol.